The maximum atomic E-state index is 13.1. The molecule has 3 heterocycles. The van der Waals surface area contributed by atoms with Gasteiger partial charge in [0, 0.05) is 17.5 Å². The summed E-state index contributed by atoms with van der Waals surface area (Å²) in [5.41, 5.74) is 1.97. The van der Waals surface area contributed by atoms with E-state index in [1.165, 1.54) is 0 Å². The lowest BCUT2D eigenvalue weighted by Gasteiger charge is -2.30. The summed E-state index contributed by atoms with van der Waals surface area (Å²) in [6, 6.07) is 4.25. The highest BCUT2D eigenvalue weighted by molar-refractivity contribution is 6.19. The SMILES string of the molecule is COc1cc(C2=NN(C3CCNCC3)C(=O)C2(C)C)cc2c1OC(C)(C)C2.Cl. The van der Waals surface area contributed by atoms with E-state index in [0.29, 0.717) is 5.75 Å². The van der Waals surface area contributed by atoms with Crippen molar-refractivity contribution < 1.29 is 14.3 Å². The molecule has 1 aromatic rings. The summed E-state index contributed by atoms with van der Waals surface area (Å²) in [5, 5.41) is 9.91. The summed E-state index contributed by atoms with van der Waals surface area (Å²) in [6.07, 6.45) is 2.69. The van der Waals surface area contributed by atoms with Crippen molar-refractivity contribution >= 4 is 24.0 Å². The number of methoxy groups -OCH3 is 1. The van der Waals surface area contributed by atoms with Crippen LogP contribution in [0.5, 0.6) is 11.5 Å². The zero-order valence-corrected chi connectivity index (χ0v) is 18.1. The predicted octanol–water partition coefficient (Wildman–Crippen LogP) is 3.16. The highest BCUT2D eigenvalue weighted by Crippen LogP contribution is 2.44. The van der Waals surface area contributed by atoms with E-state index in [2.05, 4.69) is 25.2 Å². The standard InChI is InChI=1S/C21H29N3O3.ClH/c1-20(2)12-14-10-13(11-16(26-5)17(14)27-20)18-21(3,4)19(25)24(23-18)15-6-8-22-9-7-15;/h10-11,15,22H,6-9,12H2,1-5H3;1H. The van der Waals surface area contributed by atoms with Crippen LogP contribution in [0.15, 0.2) is 17.2 Å². The molecule has 3 aliphatic rings. The lowest BCUT2D eigenvalue weighted by atomic mass is 9.82. The minimum Gasteiger partial charge on any atom is -0.493 e. The molecule has 0 spiro atoms. The molecule has 4 rings (SSSR count). The zero-order chi connectivity index (χ0) is 19.4. The number of nitrogens with one attached hydrogen (secondary N) is 1. The second-order valence-electron chi connectivity index (χ2n) is 8.91. The van der Waals surface area contributed by atoms with Crippen LogP contribution >= 0.6 is 12.4 Å². The second kappa shape index (κ2) is 7.23. The van der Waals surface area contributed by atoms with E-state index in [1.54, 1.807) is 12.1 Å². The van der Waals surface area contributed by atoms with E-state index in [0.717, 1.165) is 54.9 Å². The van der Waals surface area contributed by atoms with Crippen LogP contribution in [0.1, 0.15) is 51.7 Å². The van der Waals surface area contributed by atoms with Crippen LogP contribution < -0.4 is 14.8 Å². The highest BCUT2D eigenvalue weighted by atomic mass is 35.5. The molecule has 0 aromatic heterocycles. The molecule has 1 amide bonds. The first kappa shape index (κ1) is 20.9. The molecule has 7 heteroatoms. The van der Waals surface area contributed by atoms with Crippen molar-refractivity contribution in [2.24, 2.45) is 10.5 Å². The van der Waals surface area contributed by atoms with Crippen molar-refractivity contribution in [2.75, 3.05) is 20.2 Å². The quantitative estimate of drug-likeness (QED) is 0.835. The van der Waals surface area contributed by atoms with Gasteiger partial charge in [0.2, 0.25) is 0 Å². The number of hydrazone groups is 1. The van der Waals surface area contributed by atoms with Gasteiger partial charge in [0.05, 0.1) is 24.3 Å². The van der Waals surface area contributed by atoms with Crippen LogP contribution in [0.3, 0.4) is 0 Å². The fraction of sp³-hybridized carbons (Fsp3) is 0.619. The van der Waals surface area contributed by atoms with E-state index in [4.69, 9.17) is 14.6 Å². The van der Waals surface area contributed by atoms with Gasteiger partial charge in [0.25, 0.3) is 5.91 Å². The van der Waals surface area contributed by atoms with Crippen LogP contribution in [0.4, 0.5) is 0 Å². The van der Waals surface area contributed by atoms with Crippen molar-refractivity contribution in [3.63, 3.8) is 0 Å². The van der Waals surface area contributed by atoms with Gasteiger partial charge in [-0.25, -0.2) is 5.01 Å². The van der Waals surface area contributed by atoms with Crippen molar-refractivity contribution in [2.45, 2.75) is 58.6 Å². The molecule has 1 aromatic carbocycles. The third-order valence-corrected chi connectivity index (χ3v) is 5.82. The van der Waals surface area contributed by atoms with E-state index in [-0.39, 0.29) is 30.0 Å². The van der Waals surface area contributed by atoms with Crippen molar-refractivity contribution in [1.82, 2.24) is 10.3 Å². The predicted molar refractivity (Wildman–Crippen MR) is 112 cm³/mol. The molecular weight excluding hydrogens is 378 g/mol. The minimum absolute atomic E-state index is 0. The van der Waals surface area contributed by atoms with Crippen LogP contribution in [-0.2, 0) is 11.2 Å². The number of halogens is 1. The number of nitrogens with zero attached hydrogens (tertiary/aromatic N) is 2. The van der Waals surface area contributed by atoms with Gasteiger partial charge in [-0.3, -0.25) is 4.79 Å². The topological polar surface area (TPSA) is 63.2 Å². The van der Waals surface area contributed by atoms with Crippen molar-refractivity contribution in [1.29, 1.82) is 0 Å². The molecule has 6 nitrogen and oxygen atoms in total. The fourth-order valence-corrected chi connectivity index (χ4v) is 4.35. The monoisotopic (exact) mass is 407 g/mol. The number of amides is 1. The van der Waals surface area contributed by atoms with Crippen molar-refractivity contribution in [3.8, 4) is 11.5 Å². The Labute approximate surface area is 173 Å². The van der Waals surface area contributed by atoms with Crippen LogP contribution in [0.2, 0.25) is 0 Å². The molecule has 3 aliphatic heterocycles. The number of fused-ring (bicyclic) bond motifs is 1. The van der Waals surface area contributed by atoms with E-state index in [9.17, 15) is 4.79 Å². The van der Waals surface area contributed by atoms with Gasteiger partial charge in [-0.15, -0.1) is 12.4 Å². The molecular formula is C21H30ClN3O3. The maximum absolute atomic E-state index is 13.1. The Morgan fingerprint density at radius 2 is 1.89 bits per heavy atom. The van der Waals surface area contributed by atoms with Crippen LogP contribution in [-0.4, -0.2) is 48.5 Å². The summed E-state index contributed by atoms with van der Waals surface area (Å²) in [4.78, 5) is 13.1. The lowest BCUT2D eigenvalue weighted by Crippen LogP contribution is -2.44. The summed E-state index contributed by atoms with van der Waals surface area (Å²) in [5.74, 6) is 1.60. The number of hydrogen-bond donors (Lipinski definition) is 1. The number of carbonyl (C=O) groups excluding carboxylic acids is 1. The van der Waals surface area contributed by atoms with Gasteiger partial charge >= 0.3 is 0 Å². The van der Waals surface area contributed by atoms with Crippen LogP contribution in [0.25, 0.3) is 0 Å². The smallest absolute Gasteiger partial charge is 0.254 e. The zero-order valence-electron chi connectivity index (χ0n) is 17.3. The van der Waals surface area contributed by atoms with Gasteiger partial charge < -0.3 is 14.8 Å². The van der Waals surface area contributed by atoms with E-state index < -0.39 is 5.41 Å². The Bertz CT molecular complexity index is 813. The van der Waals surface area contributed by atoms with Gasteiger partial charge in [-0.1, -0.05) is 0 Å². The fourth-order valence-electron chi connectivity index (χ4n) is 4.35. The first-order valence-corrected chi connectivity index (χ1v) is 9.77. The summed E-state index contributed by atoms with van der Waals surface area (Å²) < 4.78 is 11.7. The second-order valence-corrected chi connectivity index (χ2v) is 8.91. The number of carbonyl (C=O) groups is 1. The summed E-state index contributed by atoms with van der Waals surface area (Å²) >= 11 is 0. The number of ether oxygens (including phenoxy) is 2. The highest BCUT2D eigenvalue weighted by Gasteiger charge is 2.47. The van der Waals surface area contributed by atoms with Crippen LogP contribution in [0, 0.1) is 5.41 Å². The molecule has 1 saturated heterocycles. The summed E-state index contributed by atoms with van der Waals surface area (Å²) in [6.45, 7) is 9.94. The normalized spacial score (nSPS) is 23.0. The molecule has 0 aliphatic carbocycles. The molecule has 0 saturated carbocycles. The summed E-state index contributed by atoms with van der Waals surface area (Å²) in [7, 11) is 1.65. The molecule has 0 atom stereocenters. The first-order valence-electron chi connectivity index (χ1n) is 9.77. The molecule has 0 bridgehead atoms. The molecule has 154 valence electrons. The van der Waals surface area contributed by atoms with Gasteiger partial charge in [0.15, 0.2) is 11.5 Å². The number of rotatable bonds is 3. The Morgan fingerprint density at radius 3 is 2.54 bits per heavy atom. The molecule has 1 fully saturated rings. The molecule has 1 N–H and O–H groups in total. The van der Waals surface area contributed by atoms with Gasteiger partial charge in [-0.2, -0.15) is 5.10 Å². The molecule has 0 radical (unpaired) electrons. The first-order chi connectivity index (χ1) is 12.7. The average Bonchev–Trinajstić information content (AvgIpc) is 3.07. The average molecular weight is 408 g/mol. The Kier molecular flexibility index (Phi) is 5.40. The van der Waals surface area contributed by atoms with Gasteiger partial charge in [-0.05, 0) is 65.8 Å². The van der Waals surface area contributed by atoms with Crippen molar-refractivity contribution in [3.05, 3.63) is 23.3 Å². The Morgan fingerprint density at radius 1 is 1.21 bits per heavy atom. The molecule has 28 heavy (non-hydrogen) atoms. The number of hydrogen-bond acceptors (Lipinski definition) is 5. The maximum Gasteiger partial charge on any atom is 0.254 e. The third kappa shape index (κ3) is 3.37. The molecule has 0 unspecified atom stereocenters. The van der Waals surface area contributed by atoms with E-state index in [1.807, 2.05) is 19.9 Å². The lowest BCUT2D eigenvalue weighted by molar-refractivity contribution is -0.137. The Hall–Kier alpha value is -1.79. The van der Waals surface area contributed by atoms with E-state index >= 15 is 0 Å². The minimum atomic E-state index is -0.654. The number of benzene rings is 1. The Balaban J connectivity index is 0.00000225. The third-order valence-electron chi connectivity index (χ3n) is 5.82. The van der Waals surface area contributed by atoms with Gasteiger partial charge in [0.1, 0.15) is 5.60 Å². The largest absolute Gasteiger partial charge is 0.493 e. The number of piperidine rings is 1.